The van der Waals surface area contributed by atoms with E-state index in [-0.39, 0.29) is 11.2 Å². The lowest BCUT2D eigenvalue weighted by molar-refractivity contribution is 0.179. The number of anilines is 1. The van der Waals surface area contributed by atoms with Crippen molar-refractivity contribution in [1.29, 1.82) is 0 Å². The van der Waals surface area contributed by atoms with Crippen LogP contribution in [0.5, 0.6) is 0 Å². The van der Waals surface area contributed by atoms with E-state index in [2.05, 4.69) is 17.4 Å². The van der Waals surface area contributed by atoms with E-state index in [0.29, 0.717) is 13.2 Å². The summed E-state index contributed by atoms with van der Waals surface area (Å²) in [6.45, 7) is 6.05. The predicted octanol–water partition coefficient (Wildman–Crippen LogP) is 3.45. The molecule has 1 saturated heterocycles. The first kappa shape index (κ1) is 15.0. The molecular weight excluding hydrogens is 283 g/mol. The third kappa shape index (κ3) is 2.73. The Bertz CT molecular complexity index is 631. The van der Waals surface area contributed by atoms with E-state index in [9.17, 15) is 4.39 Å². The van der Waals surface area contributed by atoms with Crippen molar-refractivity contribution >= 4 is 5.88 Å². The molecular formula is C17H21FN2O2. The molecule has 0 bridgehead atoms. The fraction of sp³-hybridized carbons (Fsp3) is 0.471. The fourth-order valence-corrected chi connectivity index (χ4v) is 3.07. The Balaban J connectivity index is 1.81. The van der Waals surface area contributed by atoms with Gasteiger partial charge >= 0.3 is 0 Å². The minimum atomic E-state index is -0.218. The van der Waals surface area contributed by atoms with Crippen molar-refractivity contribution in [2.75, 3.05) is 25.1 Å². The van der Waals surface area contributed by atoms with Gasteiger partial charge in [-0.05, 0) is 37.5 Å². The molecule has 1 aliphatic heterocycles. The molecule has 3 rings (SSSR count). The van der Waals surface area contributed by atoms with Crippen LogP contribution in [-0.4, -0.2) is 24.9 Å². The van der Waals surface area contributed by atoms with Crippen LogP contribution in [0.1, 0.15) is 30.2 Å². The van der Waals surface area contributed by atoms with Crippen molar-refractivity contribution in [3.8, 4) is 0 Å². The van der Waals surface area contributed by atoms with Gasteiger partial charge in [0, 0.05) is 24.1 Å². The number of rotatable bonds is 5. The summed E-state index contributed by atoms with van der Waals surface area (Å²) in [5.41, 5.74) is 2.96. The van der Waals surface area contributed by atoms with E-state index in [1.165, 1.54) is 12.1 Å². The molecule has 1 N–H and O–H groups in total. The van der Waals surface area contributed by atoms with Gasteiger partial charge in [0.1, 0.15) is 5.82 Å². The van der Waals surface area contributed by atoms with E-state index >= 15 is 0 Å². The van der Waals surface area contributed by atoms with Gasteiger partial charge in [-0.15, -0.1) is 0 Å². The van der Waals surface area contributed by atoms with E-state index in [1.807, 2.05) is 19.1 Å². The number of halogens is 1. The Morgan fingerprint density at radius 1 is 1.32 bits per heavy atom. The van der Waals surface area contributed by atoms with Crippen LogP contribution in [0, 0.1) is 12.7 Å². The zero-order valence-electron chi connectivity index (χ0n) is 13.0. The maximum Gasteiger partial charge on any atom is 0.228 e. The first-order valence-corrected chi connectivity index (χ1v) is 7.67. The Hall–Kier alpha value is -1.88. The van der Waals surface area contributed by atoms with Crippen LogP contribution in [0.25, 0.3) is 0 Å². The second kappa shape index (κ2) is 6.08. The molecule has 0 amide bonds. The third-order valence-electron chi connectivity index (χ3n) is 4.49. The highest BCUT2D eigenvalue weighted by Gasteiger charge is 2.37. The van der Waals surface area contributed by atoms with Gasteiger partial charge < -0.3 is 14.6 Å². The molecule has 1 atom stereocenters. The fourth-order valence-electron chi connectivity index (χ4n) is 3.07. The smallest absolute Gasteiger partial charge is 0.228 e. The third-order valence-corrected chi connectivity index (χ3v) is 4.49. The normalized spacial score (nSPS) is 21.2. The summed E-state index contributed by atoms with van der Waals surface area (Å²) < 4.78 is 24.2. The molecule has 2 aromatic rings. The predicted molar refractivity (Wildman–Crippen MR) is 82.6 cm³/mol. The van der Waals surface area contributed by atoms with Gasteiger partial charge in [-0.3, -0.25) is 0 Å². The van der Waals surface area contributed by atoms with Crippen LogP contribution in [0.2, 0.25) is 0 Å². The highest BCUT2D eigenvalue weighted by molar-refractivity contribution is 5.44. The summed E-state index contributed by atoms with van der Waals surface area (Å²) >= 11 is 0. The monoisotopic (exact) mass is 304 g/mol. The molecule has 0 aliphatic carbocycles. The van der Waals surface area contributed by atoms with Gasteiger partial charge in [0.2, 0.25) is 5.88 Å². The summed E-state index contributed by atoms with van der Waals surface area (Å²) in [5.74, 6) is 0.512. The lowest BCUT2D eigenvalue weighted by atomic mass is 9.79. The van der Waals surface area contributed by atoms with E-state index in [1.54, 1.807) is 0 Å². The number of nitrogens with zero attached hydrogens (tertiary/aromatic N) is 1. The van der Waals surface area contributed by atoms with Gasteiger partial charge in [-0.25, -0.2) is 4.39 Å². The maximum absolute atomic E-state index is 13.2. The molecule has 2 heterocycles. The summed E-state index contributed by atoms with van der Waals surface area (Å²) in [5, 5.41) is 7.40. The highest BCUT2D eigenvalue weighted by Crippen LogP contribution is 2.34. The second-order valence-electron chi connectivity index (χ2n) is 5.87. The molecule has 4 nitrogen and oxygen atoms in total. The SMILES string of the molecule is CCc1c(C)noc1NC[C@]1(c2ccc(F)cc2)CCOC1. The molecule has 0 radical (unpaired) electrons. The summed E-state index contributed by atoms with van der Waals surface area (Å²) in [4.78, 5) is 0. The van der Waals surface area contributed by atoms with Crippen molar-refractivity contribution in [3.63, 3.8) is 0 Å². The van der Waals surface area contributed by atoms with Crippen molar-refractivity contribution in [2.45, 2.75) is 32.1 Å². The molecule has 0 saturated carbocycles. The van der Waals surface area contributed by atoms with E-state index in [0.717, 1.165) is 42.2 Å². The Morgan fingerprint density at radius 2 is 2.09 bits per heavy atom. The number of ether oxygens (including phenoxy) is 1. The topological polar surface area (TPSA) is 47.3 Å². The largest absolute Gasteiger partial charge is 0.380 e. The minimum Gasteiger partial charge on any atom is -0.380 e. The molecule has 22 heavy (non-hydrogen) atoms. The lowest BCUT2D eigenvalue weighted by Gasteiger charge is -2.28. The molecule has 5 heteroatoms. The Morgan fingerprint density at radius 3 is 2.73 bits per heavy atom. The van der Waals surface area contributed by atoms with Crippen molar-refractivity contribution in [2.24, 2.45) is 0 Å². The Labute approximate surface area is 129 Å². The van der Waals surface area contributed by atoms with Crippen LogP contribution in [0.4, 0.5) is 10.3 Å². The number of hydrogen-bond donors (Lipinski definition) is 1. The first-order valence-electron chi connectivity index (χ1n) is 7.67. The number of benzene rings is 1. The quantitative estimate of drug-likeness (QED) is 0.919. The van der Waals surface area contributed by atoms with E-state index in [4.69, 9.17) is 9.26 Å². The molecule has 1 fully saturated rings. The summed E-state index contributed by atoms with van der Waals surface area (Å²) in [6, 6.07) is 6.70. The molecule has 1 aliphatic rings. The van der Waals surface area contributed by atoms with Crippen LogP contribution in [0.15, 0.2) is 28.8 Å². The molecule has 1 aromatic heterocycles. The molecule has 0 unspecified atom stereocenters. The zero-order valence-corrected chi connectivity index (χ0v) is 13.0. The summed E-state index contributed by atoms with van der Waals surface area (Å²) in [6.07, 6.45) is 1.78. The standard InChI is InChI=1S/C17H21FN2O2/c1-3-15-12(2)20-22-16(15)19-10-17(8-9-21-11-17)13-4-6-14(18)7-5-13/h4-7,19H,3,8-11H2,1-2H3/t17-/m1/s1. The average Bonchev–Trinajstić information content (AvgIpc) is 3.13. The van der Waals surface area contributed by atoms with Gasteiger partial charge in [-0.1, -0.05) is 24.2 Å². The van der Waals surface area contributed by atoms with Crippen molar-refractivity contribution in [1.82, 2.24) is 5.16 Å². The average molecular weight is 304 g/mol. The lowest BCUT2D eigenvalue weighted by Crippen LogP contribution is -2.35. The number of aromatic nitrogens is 1. The van der Waals surface area contributed by atoms with Crippen LogP contribution >= 0.6 is 0 Å². The van der Waals surface area contributed by atoms with Crippen LogP contribution in [0.3, 0.4) is 0 Å². The number of aryl methyl sites for hydroxylation is 1. The first-order chi connectivity index (χ1) is 10.6. The van der Waals surface area contributed by atoms with Gasteiger partial charge in [-0.2, -0.15) is 0 Å². The van der Waals surface area contributed by atoms with Crippen molar-refractivity contribution < 1.29 is 13.7 Å². The molecule has 1 aromatic carbocycles. The van der Waals surface area contributed by atoms with Gasteiger partial charge in [0.25, 0.3) is 0 Å². The van der Waals surface area contributed by atoms with Crippen molar-refractivity contribution in [3.05, 3.63) is 46.9 Å². The minimum absolute atomic E-state index is 0.153. The molecule has 118 valence electrons. The highest BCUT2D eigenvalue weighted by atomic mass is 19.1. The number of hydrogen-bond acceptors (Lipinski definition) is 4. The van der Waals surface area contributed by atoms with Crippen LogP contribution < -0.4 is 5.32 Å². The van der Waals surface area contributed by atoms with E-state index < -0.39 is 0 Å². The maximum atomic E-state index is 13.2. The number of nitrogens with one attached hydrogen (secondary N) is 1. The second-order valence-corrected chi connectivity index (χ2v) is 5.87. The zero-order chi connectivity index (χ0) is 15.6. The summed E-state index contributed by atoms with van der Waals surface area (Å²) in [7, 11) is 0. The Kier molecular flexibility index (Phi) is 4.16. The van der Waals surface area contributed by atoms with Crippen LogP contribution in [-0.2, 0) is 16.6 Å². The van der Waals surface area contributed by atoms with Gasteiger partial charge in [0.15, 0.2) is 0 Å². The van der Waals surface area contributed by atoms with Gasteiger partial charge in [0.05, 0.1) is 12.3 Å². The molecule has 0 spiro atoms.